The molecule has 0 radical (unpaired) electrons. The Hall–Kier alpha value is -4.33. The third kappa shape index (κ3) is 5.97. The molecule has 3 aromatic rings. The first-order valence-corrected chi connectivity index (χ1v) is 11.4. The quantitative estimate of drug-likeness (QED) is 0.409. The number of phenolic OH excluding ortho intramolecular Hbond substituents is 1. The minimum absolute atomic E-state index is 0.140. The van der Waals surface area contributed by atoms with E-state index in [2.05, 4.69) is 10.6 Å². The Morgan fingerprint density at radius 3 is 2.26 bits per heavy atom. The zero-order chi connectivity index (χ0) is 24.8. The highest BCUT2D eigenvalue weighted by atomic mass is 16.4. The van der Waals surface area contributed by atoms with Crippen molar-refractivity contribution in [3.8, 4) is 5.75 Å². The molecule has 2 unspecified atom stereocenters. The molecule has 1 aliphatic rings. The molecule has 3 amide bonds. The van der Waals surface area contributed by atoms with Crippen molar-refractivity contribution in [3.05, 3.63) is 95.6 Å². The lowest BCUT2D eigenvalue weighted by atomic mass is 10.0. The molecular weight excluding hydrogens is 446 g/mol. The van der Waals surface area contributed by atoms with E-state index in [1.54, 1.807) is 47.4 Å². The molecule has 0 aromatic heterocycles. The summed E-state index contributed by atoms with van der Waals surface area (Å²) in [6.45, 7) is -0.209. The van der Waals surface area contributed by atoms with E-state index in [1.165, 1.54) is 0 Å². The summed E-state index contributed by atoms with van der Waals surface area (Å²) in [5.41, 5.74) is 2.86. The van der Waals surface area contributed by atoms with Gasteiger partial charge in [0.25, 0.3) is 0 Å². The van der Waals surface area contributed by atoms with Crippen LogP contribution in [0.4, 0.5) is 10.5 Å². The summed E-state index contributed by atoms with van der Waals surface area (Å²) in [5.74, 6) is -1.06. The lowest BCUT2D eigenvalue weighted by Crippen LogP contribution is -2.42. The van der Waals surface area contributed by atoms with Gasteiger partial charge in [-0.2, -0.15) is 0 Å². The van der Waals surface area contributed by atoms with Gasteiger partial charge >= 0.3 is 12.0 Å². The van der Waals surface area contributed by atoms with Crippen molar-refractivity contribution in [1.29, 1.82) is 0 Å². The summed E-state index contributed by atoms with van der Waals surface area (Å²) in [4.78, 5) is 38.6. The van der Waals surface area contributed by atoms with Gasteiger partial charge in [-0.25, -0.2) is 4.79 Å². The van der Waals surface area contributed by atoms with Crippen LogP contribution in [0, 0.1) is 0 Å². The number of phenols is 1. The van der Waals surface area contributed by atoms with Crippen molar-refractivity contribution in [1.82, 2.24) is 10.2 Å². The van der Waals surface area contributed by atoms with E-state index in [9.17, 15) is 19.5 Å². The van der Waals surface area contributed by atoms with Crippen molar-refractivity contribution in [2.24, 2.45) is 0 Å². The number of nitrogens with one attached hydrogen (secondary N) is 2. The van der Waals surface area contributed by atoms with Gasteiger partial charge in [-0.3, -0.25) is 9.59 Å². The fourth-order valence-corrected chi connectivity index (χ4v) is 4.58. The maximum Gasteiger partial charge on any atom is 0.319 e. The molecular formula is C27H27N3O5. The van der Waals surface area contributed by atoms with Crippen molar-refractivity contribution in [3.63, 3.8) is 0 Å². The molecule has 180 valence electrons. The number of likely N-dealkylation sites (tertiary alicyclic amines) is 1. The molecule has 8 heteroatoms. The van der Waals surface area contributed by atoms with Gasteiger partial charge in [0, 0.05) is 5.69 Å². The smallest absolute Gasteiger partial charge is 0.319 e. The molecule has 3 aromatic carbocycles. The highest BCUT2D eigenvalue weighted by molar-refractivity contribution is 5.92. The zero-order valence-electron chi connectivity index (χ0n) is 19.1. The number of carboxylic acids is 1. The number of carbonyl (C=O) groups excluding carboxylic acids is 2. The standard InChI is InChI=1S/C27H27N3O5/c31-22-11-5-9-20(16-22)24-13-12-23(19-7-2-1-3-8-19)30(24)25(32)17-28-27(35)29-21-10-4-6-18(14-21)15-26(33)34/h1-11,14,16,23-24,31H,12-13,15,17H2,(H,33,34)(H2,28,29,35). The Balaban J connectivity index is 1.46. The molecule has 8 nitrogen and oxygen atoms in total. The number of amides is 3. The van der Waals surface area contributed by atoms with Crippen LogP contribution in [0.15, 0.2) is 78.9 Å². The van der Waals surface area contributed by atoms with E-state index in [-0.39, 0.29) is 36.7 Å². The highest BCUT2D eigenvalue weighted by Gasteiger charge is 2.38. The van der Waals surface area contributed by atoms with Crippen molar-refractivity contribution < 1.29 is 24.6 Å². The molecule has 2 atom stereocenters. The summed E-state index contributed by atoms with van der Waals surface area (Å²) >= 11 is 0. The largest absolute Gasteiger partial charge is 0.508 e. The number of hydrogen-bond acceptors (Lipinski definition) is 4. The summed E-state index contributed by atoms with van der Waals surface area (Å²) in [7, 11) is 0. The third-order valence-electron chi connectivity index (χ3n) is 6.05. The molecule has 1 saturated heterocycles. The van der Waals surface area contributed by atoms with Crippen LogP contribution in [0.25, 0.3) is 0 Å². The van der Waals surface area contributed by atoms with Gasteiger partial charge in [0.1, 0.15) is 5.75 Å². The van der Waals surface area contributed by atoms with Crippen LogP contribution < -0.4 is 10.6 Å². The van der Waals surface area contributed by atoms with Gasteiger partial charge in [-0.15, -0.1) is 0 Å². The van der Waals surface area contributed by atoms with Crippen LogP contribution in [-0.4, -0.2) is 39.6 Å². The average molecular weight is 474 g/mol. The van der Waals surface area contributed by atoms with Crippen LogP contribution in [0.5, 0.6) is 5.75 Å². The number of anilines is 1. The Kier molecular flexibility index (Phi) is 7.30. The summed E-state index contributed by atoms with van der Waals surface area (Å²) in [6, 6.07) is 22.3. The van der Waals surface area contributed by atoms with E-state index in [1.807, 2.05) is 36.4 Å². The first kappa shape index (κ1) is 23.8. The Bertz CT molecular complexity index is 1210. The maximum absolute atomic E-state index is 13.4. The number of carbonyl (C=O) groups is 3. The number of urea groups is 1. The first-order valence-electron chi connectivity index (χ1n) is 11.4. The lowest BCUT2D eigenvalue weighted by Gasteiger charge is -2.31. The topological polar surface area (TPSA) is 119 Å². The lowest BCUT2D eigenvalue weighted by molar-refractivity contribution is -0.136. The molecule has 0 aliphatic carbocycles. The molecule has 4 rings (SSSR count). The van der Waals surface area contributed by atoms with E-state index >= 15 is 0 Å². The van der Waals surface area contributed by atoms with Crippen molar-refractivity contribution in [2.75, 3.05) is 11.9 Å². The summed E-state index contributed by atoms with van der Waals surface area (Å²) < 4.78 is 0. The minimum atomic E-state index is -0.961. The van der Waals surface area contributed by atoms with Crippen molar-refractivity contribution in [2.45, 2.75) is 31.3 Å². The minimum Gasteiger partial charge on any atom is -0.508 e. The monoisotopic (exact) mass is 473 g/mol. The van der Waals surface area contributed by atoms with E-state index in [4.69, 9.17) is 5.11 Å². The molecule has 1 heterocycles. The van der Waals surface area contributed by atoms with Crippen LogP contribution in [0.2, 0.25) is 0 Å². The number of hydrogen-bond donors (Lipinski definition) is 4. The first-order chi connectivity index (χ1) is 16.9. The van der Waals surface area contributed by atoms with E-state index < -0.39 is 12.0 Å². The predicted molar refractivity (Wildman–Crippen MR) is 131 cm³/mol. The normalized spacial score (nSPS) is 17.1. The van der Waals surface area contributed by atoms with Gasteiger partial charge < -0.3 is 25.7 Å². The Labute approximate surface area is 203 Å². The van der Waals surface area contributed by atoms with Gasteiger partial charge in [-0.1, -0.05) is 54.6 Å². The van der Waals surface area contributed by atoms with Gasteiger partial charge in [0.2, 0.25) is 5.91 Å². The Morgan fingerprint density at radius 1 is 0.857 bits per heavy atom. The molecule has 35 heavy (non-hydrogen) atoms. The molecule has 1 fully saturated rings. The fraction of sp³-hybridized carbons (Fsp3) is 0.222. The second-order valence-electron chi connectivity index (χ2n) is 8.49. The second-order valence-corrected chi connectivity index (χ2v) is 8.49. The van der Waals surface area contributed by atoms with E-state index in [0.29, 0.717) is 11.3 Å². The number of aromatic hydroxyl groups is 1. The molecule has 4 N–H and O–H groups in total. The zero-order valence-corrected chi connectivity index (χ0v) is 19.1. The average Bonchev–Trinajstić information content (AvgIpc) is 3.28. The summed E-state index contributed by atoms with van der Waals surface area (Å²) in [6.07, 6.45) is 1.35. The number of rotatable bonds is 7. The molecule has 1 aliphatic heterocycles. The van der Waals surface area contributed by atoms with Gasteiger partial charge in [0.05, 0.1) is 25.0 Å². The highest BCUT2D eigenvalue weighted by Crippen LogP contribution is 2.44. The van der Waals surface area contributed by atoms with Crippen LogP contribution in [0.1, 0.15) is 41.6 Å². The van der Waals surface area contributed by atoms with Crippen molar-refractivity contribution >= 4 is 23.6 Å². The summed E-state index contributed by atoms with van der Waals surface area (Å²) in [5, 5.41) is 24.2. The Morgan fingerprint density at radius 2 is 1.54 bits per heavy atom. The SMILES string of the molecule is O=C(O)Cc1cccc(NC(=O)NCC(=O)N2C(c3ccccc3)CCC2c2cccc(O)c2)c1. The number of nitrogens with zero attached hydrogens (tertiary/aromatic N) is 1. The van der Waals surface area contributed by atoms with Gasteiger partial charge in [0.15, 0.2) is 0 Å². The third-order valence-corrected chi connectivity index (χ3v) is 6.05. The number of carboxylic acid groups (broad SMARTS) is 1. The number of benzene rings is 3. The van der Waals surface area contributed by atoms with Gasteiger partial charge in [-0.05, 0) is 53.8 Å². The molecule has 0 spiro atoms. The maximum atomic E-state index is 13.4. The fourth-order valence-electron chi connectivity index (χ4n) is 4.58. The second kappa shape index (κ2) is 10.7. The number of aliphatic carboxylic acids is 1. The molecule has 0 bridgehead atoms. The molecule has 0 saturated carbocycles. The van der Waals surface area contributed by atoms with E-state index in [0.717, 1.165) is 24.0 Å². The van der Waals surface area contributed by atoms with Crippen LogP contribution in [-0.2, 0) is 16.0 Å². The predicted octanol–water partition coefficient (Wildman–Crippen LogP) is 4.25. The van der Waals surface area contributed by atoms with Crippen LogP contribution >= 0.6 is 0 Å². The van der Waals surface area contributed by atoms with Crippen LogP contribution in [0.3, 0.4) is 0 Å².